The molecule has 0 heterocycles. The molecule has 1 N–H and O–H groups in total. The average Bonchev–Trinajstić information content (AvgIpc) is 1.97. The highest BCUT2D eigenvalue weighted by molar-refractivity contribution is 4.76. The zero-order valence-corrected chi connectivity index (χ0v) is 7.19. The molecule has 0 aliphatic carbocycles. The minimum absolute atomic E-state index is 1.16. The van der Waals surface area contributed by atoms with Crippen LogP contribution < -0.4 is 5.32 Å². The van der Waals surface area contributed by atoms with Gasteiger partial charge < -0.3 is 5.32 Å². The summed E-state index contributed by atoms with van der Waals surface area (Å²) >= 11 is 0. The Kier molecular flexibility index (Phi) is 8.44. The van der Waals surface area contributed by atoms with Crippen LogP contribution in [0, 0.1) is 0 Å². The summed E-state index contributed by atoms with van der Waals surface area (Å²) in [4.78, 5) is 0. The fourth-order valence-corrected chi connectivity index (χ4v) is 0.907. The Morgan fingerprint density at radius 1 is 1.20 bits per heavy atom. The maximum Gasteiger partial charge on any atom is -0.00519 e. The van der Waals surface area contributed by atoms with E-state index in [0.717, 1.165) is 6.54 Å². The quantitative estimate of drug-likeness (QED) is 0.442. The van der Waals surface area contributed by atoms with Crippen molar-refractivity contribution in [3.8, 4) is 0 Å². The van der Waals surface area contributed by atoms with Gasteiger partial charge in [0.05, 0.1) is 0 Å². The second-order valence-electron chi connectivity index (χ2n) is 2.52. The third-order valence-corrected chi connectivity index (χ3v) is 1.53. The third kappa shape index (κ3) is 7.70. The van der Waals surface area contributed by atoms with Crippen LogP contribution in [-0.4, -0.2) is 13.6 Å². The van der Waals surface area contributed by atoms with E-state index in [1.54, 1.807) is 0 Å². The van der Waals surface area contributed by atoms with E-state index in [1.807, 2.05) is 7.05 Å². The van der Waals surface area contributed by atoms with Gasteiger partial charge in [0.2, 0.25) is 0 Å². The van der Waals surface area contributed by atoms with Crippen LogP contribution in [0.15, 0.2) is 12.2 Å². The van der Waals surface area contributed by atoms with Crippen LogP contribution in [-0.2, 0) is 0 Å². The summed E-state index contributed by atoms with van der Waals surface area (Å²) in [5.74, 6) is 0. The van der Waals surface area contributed by atoms with Gasteiger partial charge in [0.15, 0.2) is 0 Å². The minimum atomic E-state index is 1.16. The molecule has 1 nitrogen and oxygen atoms in total. The van der Waals surface area contributed by atoms with Gasteiger partial charge in [0, 0.05) is 0 Å². The van der Waals surface area contributed by atoms with E-state index in [0.29, 0.717) is 0 Å². The van der Waals surface area contributed by atoms with Crippen molar-refractivity contribution in [3.05, 3.63) is 12.2 Å². The van der Waals surface area contributed by atoms with Crippen LogP contribution in [0.3, 0.4) is 0 Å². The van der Waals surface area contributed by atoms with Gasteiger partial charge in [-0.2, -0.15) is 0 Å². The SMILES string of the molecule is C/C=C\CCCCCNC. The molecule has 0 rings (SSSR count). The molecular weight excluding hydrogens is 122 g/mol. The summed E-state index contributed by atoms with van der Waals surface area (Å²) in [7, 11) is 2.01. The molecule has 1 heteroatoms. The van der Waals surface area contributed by atoms with E-state index >= 15 is 0 Å². The van der Waals surface area contributed by atoms with E-state index in [9.17, 15) is 0 Å². The molecule has 0 aliphatic rings. The highest BCUT2D eigenvalue weighted by Gasteiger charge is 1.84. The molecule has 0 aliphatic heterocycles. The average molecular weight is 141 g/mol. The first-order chi connectivity index (χ1) is 4.91. The summed E-state index contributed by atoms with van der Waals surface area (Å²) in [6.07, 6.45) is 9.61. The van der Waals surface area contributed by atoms with Gasteiger partial charge >= 0.3 is 0 Å². The molecule has 0 fully saturated rings. The molecule has 0 aromatic rings. The van der Waals surface area contributed by atoms with Crippen LogP contribution in [0.5, 0.6) is 0 Å². The first-order valence-corrected chi connectivity index (χ1v) is 4.17. The molecular formula is C9H19N. The Balaban J connectivity index is 2.77. The molecule has 0 aromatic carbocycles. The van der Waals surface area contributed by atoms with Crippen LogP contribution in [0.25, 0.3) is 0 Å². The lowest BCUT2D eigenvalue weighted by atomic mass is 10.2. The Bertz CT molecular complexity index is 76.8. The molecule has 0 bridgehead atoms. The van der Waals surface area contributed by atoms with Crippen LogP contribution in [0.4, 0.5) is 0 Å². The molecule has 60 valence electrons. The summed E-state index contributed by atoms with van der Waals surface area (Å²) in [6, 6.07) is 0. The largest absolute Gasteiger partial charge is 0.320 e. The number of allylic oxidation sites excluding steroid dienone is 2. The lowest BCUT2D eigenvalue weighted by Crippen LogP contribution is -2.06. The first-order valence-electron chi connectivity index (χ1n) is 4.17. The molecule has 0 saturated heterocycles. The Morgan fingerprint density at radius 3 is 2.60 bits per heavy atom. The van der Waals surface area contributed by atoms with Gasteiger partial charge in [-0.1, -0.05) is 18.6 Å². The lowest BCUT2D eigenvalue weighted by molar-refractivity contribution is 0.647. The van der Waals surface area contributed by atoms with E-state index in [1.165, 1.54) is 25.7 Å². The first kappa shape index (κ1) is 9.70. The van der Waals surface area contributed by atoms with Crippen LogP contribution >= 0.6 is 0 Å². The van der Waals surface area contributed by atoms with Crippen LogP contribution in [0.2, 0.25) is 0 Å². The predicted octanol–water partition coefficient (Wildman–Crippen LogP) is 2.34. The number of unbranched alkanes of at least 4 members (excludes halogenated alkanes) is 3. The molecule has 0 atom stereocenters. The highest BCUT2D eigenvalue weighted by Crippen LogP contribution is 1.98. The van der Waals surface area contributed by atoms with E-state index < -0.39 is 0 Å². The number of nitrogens with one attached hydrogen (secondary N) is 1. The third-order valence-electron chi connectivity index (χ3n) is 1.53. The lowest BCUT2D eigenvalue weighted by Gasteiger charge is -1.96. The zero-order valence-electron chi connectivity index (χ0n) is 7.19. The number of hydrogen-bond acceptors (Lipinski definition) is 1. The summed E-state index contributed by atoms with van der Waals surface area (Å²) in [5.41, 5.74) is 0. The van der Waals surface area contributed by atoms with Crippen molar-refractivity contribution in [1.82, 2.24) is 5.32 Å². The molecule has 0 aromatic heterocycles. The van der Waals surface area contributed by atoms with Gasteiger partial charge in [-0.15, -0.1) is 0 Å². The highest BCUT2D eigenvalue weighted by atomic mass is 14.8. The van der Waals surface area contributed by atoms with Gasteiger partial charge in [-0.05, 0) is 39.8 Å². The Labute approximate surface area is 64.5 Å². The van der Waals surface area contributed by atoms with Gasteiger partial charge in [-0.3, -0.25) is 0 Å². The zero-order chi connectivity index (χ0) is 7.66. The summed E-state index contributed by atoms with van der Waals surface area (Å²) in [5, 5.41) is 3.14. The summed E-state index contributed by atoms with van der Waals surface area (Å²) in [6.45, 7) is 3.24. The van der Waals surface area contributed by atoms with Crippen molar-refractivity contribution in [2.24, 2.45) is 0 Å². The van der Waals surface area contributed by atoms with Crippen molar-refractivity contribution in [1.29, 1.82) is 0 Å². The molecule has 0 amide bonds. The fourth-order valence-electron chi connectivity index (χ4n) is 0.907. The van der Waals surface area contributed by atoms with Gasteiger partial charge in [-0.25, -0.2) is 0 Å². The maximum atomic E-state index is 3.14. The standard InChI is InChI=1S/C9H19N/c1-3-4-5-6-7-8-9-10-2/h3-4,10H,5-9H2,1-2H3/b4-3-. The maximum absolute atomic E-state index is 3.14. The Hall–Kier alpha value is -0.300. The second-order valence-corrected chi connectivity index (χ2v) is 2.52. The molecule has 0 radical (unpaired) electrons. The smallest absolute Gasteiger partial charge is 0.00519 e. The van der Waals surface area contributed by atoms with Crippen molar-refractivity contribution < 1.29 is 0 Å². The van der Waals surface area contributed by atoms with Crippen LogP contribution in [0.1, 0.15) is 32.6 Å². The summed E-state index contributed by atoms with van der Waals surface area (Å²) < 4.78 is 0. The number of hydrogen-bond donors (Lipinski definition) is 1. The predicted molar refractivity (Wildman–Crippen MR) is 47.2 cm³/mol. The van der Waals surface area contributed by atoms with Crippen molar-refractivity contribution in [2.75, 3.05) is 13.6 Å². The fraction of sp³-hybridized carbons (Fsp3) is 0.778. The van der Waals surface area contributed by atoms with Crippen molar-refractivity contribution in [3.63, 3.8) is 0 Å². The van der Waals surface area contributed by atoms with Gasteiger partial charge in [0.25, 0.3) is 0 Å². The molecule has 10 heavy (non-hydrogen) atoms. The normalized spacial score (nSPS) is 11.0. The molecule has 0 spiro atoms. The Morgan fingerprint density at radius 2 is 2.00 bits per heavy atom. The second kappa shape index (κ2) is 8.70. The van der Waals surface area contributed by atoms with Gasteiger partial charge in [0.1, 0.15) is 0 Å². The molecule has 0 saturated carbocycles. The minimum Gasteiger partial charge on any atom is -0.320 e. The number of rotatable bonds is 6. The van der Waals surface area contributed by atoms with Crippen molar-refractivity contribution >= 4 is 0 Å². The topological polar surface area (TPSA) is 12.0 Å². The monoisotopic (exact) mass is 141 g/mol. The van der Waals surface area contributed by atoms with E-state index in [2.05, 4.69) is 24.4 Å². The van der Waals surface area contributed by atoms with E-state index in [-0.39, 0.29) is 0 Å². The molecule has 0 unspecified atom stereocenters. The van der Waals surface area contributed by atoms with Crippen molar-refractivity contribution in [2.45, 2.75) is 32.6 Å². The van der Waals surface area contributed by atoms with E-state index in [4.69, 9.17) is 0 Å².